The molecule has 196 valence electrons. The average molecular weight is 517 g/mol. The fourth-order valence-electron chi connectivity index (χ4n) is 4.81. The molecule has 1 atom stereocenters. The molecule has 1 amide bonds. The Morgan fingerprint density at radius 2 is 1.95 bits per heavy atom. The molecule has 0 spiro atoms. The summed E-state index contributed by atoms with van der Waals surface area (Å²) in [5, 5.41) is 5.85. The first-order valence-electron chi connectivity index (χ1n) is 12.5. The van der Waals surface area contributed by atoms with Crippen LogP contribution in [-0.4, -0.2) is 52.4 Å². The van der Waals surface area contributed by atoms with Crippen LogP contribution in [0.1, 0.15) is 25.8 Å². The van der Waals surface area contributed by atoms with Gasteiger partial charge in [-0.25, -0.2) is 0 Å². The molecule has 0 saturated carbocycles. The summed E-state index contributed by atoms with van der Waals surface area (Å²) < 4.78 is 33.2. The molecule has 38 heavy (non-hydrogen) atoms. The van der Waals surface area contributed by atoms with E-state index in [1.54, 1.807) is 41.6 Å². The SMILES string of the molecule is C=CC(=O)N1CCCC(n2nc(-c3ccc(Oc4cccc(OC)c4F)cc3)c3cncc(OCC)c32)C1. The van der Waals surface area contributed by atoms with E-state index < -0.39 is 5.82 Å². The van der Waals surface area contributed by atoms with Gasteiger partial charge in [0.15, 0.2) is 17.2 Å². The molecule has 0 aliphatic carbocycles. The third kappa shape index (κ3) is 4.79. The summed E-state index contributed by atoms with van der Waals surface area (Å²) in [4.78, 5) is 18.5. The molecule has 5 rings (SSSR count). The van der Waals surface area contributed by atoms with E-state index in [4.69, 9.17) is 19.3 Å². The zero-order chi connectivity index (χ0) is 26.6. The van der Waals surface area contributed by atoms with Gasteiger partial charge in [-0.05, 0) is 62.2 Å². The lowest BCUT2D eigenvalue weighted by molar-refractivity contribution is -0.127. The molecule has 4 aromatic rings. The van der Waals surface area contributed by atoms with E-state index in [2.05, 4.69) is 11.6 Å². The van der Waals surface area contributed by atoms with Gasteiger partial charge in [-0.15, -0.1) is 0 Å². The molecule has 1 aliphatic heterocycles. The number of likely N-dealkylation sites (tertiary alicyclic amines) is 1. The summed E-state index contributed by atoms with van der Waals surface area (Å²) in [5.41, 5.74) is 2.42. The Hall–Kier alpha value is -4.40. The Kier molecular flexibility index (Phi) is 7.26. The van der Waals surface area contributed by atoms with E-state index in [9.17, 15) is 9.18 Å². The molecule has 8 nitrogen and oxygen atoms in total. The predicted octanol–water partition coefficient (Wildman–Crippen LogP) is 5.79. The highest BCUT2D eigenvalue weighted by atomic mass is 19.1. The summed E-state index contributed by atoms with van der Waals surface area (Å²) in [6, 6.07) is 12.0. The summed E-state index contributed by atoms with van der Waals surface area (Å²) in [7, 11) is 1.41. The Morgan fingerprint density at radius 1 is 1.16 bits per heavy atom. The first-order chi connectivity index (χ1) is 18.5. The second-order valence-electron chi connectivity index (χ2n) is 8.94. The van der Waals surface area contributed by atoms with Crippen molar-refractivity contribution < 1.29 is 23.4 Å². The highest BCUT2D eigenvalue weighted by Crippen LogP contribution is 2.37. The van der Waals surface area contributed by atoms with Crippen LogP contribution in [0.5, 0.6) is 23.0 Å². The smallest absolute Gasteiger partial charge is 0.246 e. The van der Waals surface area contributed by atoms with Crippen molar-refractivity contribution in [1.29, 1.82) is 0 Å². The number of ether oxygens (including phenoxy) is 3. The Bertz CT molecular complexity index is 1470. The first-order valence-corrected chi connectivity index (χ1v) is 12.5. The number of halogens is 1. The largest absolute Gasteiger partial charge is 0.494 e. The number of aromatic nitrogens is 3. The average Bonchev–Trinajstić information content (AvgIpc) is 3.35. The lowest BCUT2D eigenvalue weighted by atomic mass is 10.1. The third-order valence-corrected chi connectivity index (χ3v) is 6.61. The first kappa shape index (κ1) is 25.3. The minimum atomic E-state index is -0.560. The van der Waals surface area contributed by atoms with Gasteiger partial charge in [0.2, 0.25) is 11.7 Å². The number of hydrogen-bond donors (Lipinski definition) is 0. The quantitative estimate of drug-likeness (QED) is 0.276. The topological polar surface area (TPSA) is 78.7 Å². The number of methoxy groups -OCH3 is 1. The van der Waals surface area contributed by atoms with Crippen molar-refractivity contribution in [1.82, 2.24) is 19.7 Å². The standard InChI is InChI=1S/C29H29FN4O4/c1-4-26(35)33-15-7-8-20(18-33)34-29-22(16-31-17-25(29)37-5-2)28(32-34)19-11-13-21(14-12-19)38-24-10-6-9-23(36-3)27(24)30/h4,6,9-14,16-17,20H,1,5,7-8,15,18H2,2-3H3. The minimum absolute atomic E-state index is 0.0239. The third-order valence-electron chi connectivity index (χ3n) is 6.61. The van der Waals surface area contributed by atoms with Gasteiger partial charge < -0.3 is 19.1 Å². The highest BCUT2D eigenvalue weighted by Gasteiger charge is 2.28. The second-order valence-corrected chi connectivity index (χ2v) is 8.94. The summed E-state index contributed by atoms with van der Waals surface area (Å²) in [6.45, 7) is 7.28. The summed E-state index contributed by atoms with van der Waals surface area (Å²) in [5.74, 6) is 0.669. The van der Waals surface area contributed by atoms with Gasteiger partial charge in [-0.3, -0.25) is 14.5 Å². The number of benzene rings is 2. The number of hydrogen-bond acceptors (Lipinski definition) is 6. The maximum absolute atomic E-state index is 14.5. The van der Waals surface area contributed by atoms with Gasteiger partial charge in [-0.2, -0.15) is 9.49 Å². The van der Waals surface area contributed by atoms with Crippen LogP contribution < -0.4 is 14.2 Å². The van der Waals surface area contributed by atoms with Crippen molar-refractivity contribution in [3.8, 4) is 34.3 Å². The van der Waals surface area contributed by atoms with Crippen molar-refractivity contribution in [3.05, 3.63) is 73.3 Å². The molecule has 1 fully saturated rings. The minimum Gasteiger partial charge on any atom is -0.494 e. The highest BCUT2D eigenvalue weighted by molar-refractivity contribution is 5.96. The summed E-state index contributed by atoms with van der Waals surface area (Å²) in [6.07, 6.45) is 6.57. The molecule has 1 saturated heterocycles. The maximum Gasteiger partial charge on any atom is 0.246 e. The van der Waals surface area contributed by atoms with Crippen molar-refractivity contribution in [2.75, 3.05) is 26.8 Å². The van der Waals surface area contributed by atoms with E-state index in [1.165, 1.54) is 19.3 Å². The lowest BCUT2D eigenvalue weighted by Crippen LogP contribution is -2.40. The molecule has 0 bridgehead atoms. The van der Waals surface area contributed by atoms with Crippen LogP contribution in [0.4, 0.5) is 4.39 Å². The van der Waals surface area contributed by atoms with Crippen LogP contribution >= 0.6 is 0 Å². The van der Waals surface area contributed by atoms with E-state index in [0.717, 1.165) is 35.0 Å². The zero-order valence-corrected chi connectivity index (χ0v) is 21.4. The van der Waals surface area contributed by atoms with Crippen molar-refractivity contribution in [2.24, 2.45) is 0 Å². The van der Waals surface area contributed by atoms with Crippen molar-refractivity contribution in [2.45, 2.75) is 25.8 Å². The van der Waals surface area contributed by atoms with E-state index in [-0.39, 0.29) is 23.4 Å². The van der Waals surface area contributed by atoms with Crippen LogP contribution in [0.3, 0.4) is 0 Å². The Labute approximate surface area is 220 Å². The monoisotopic (exact) mass is 516 g/mol. The summed E-state index contributed by atoms with van der Waals surface area (Å²) >= 11 is 0. The molecule has 0 radical (unpaired) electrons. The molecule has 2 aromatic carbocycles. The molecule has 0 N–H and O–H groups in total. The van der Waals surface area contributed by atoms with E-state index in [1.807, 2.05) is 23.7 Å². The fraction of sp³-hybridized carbons (Fsp3) is 0.276. The number of carbonyl (C=O) groups excluding carboxylic acids is 1. The van der Waals surface area contributed by atoms with Gasteiger partial charge in [-0.1, -0.05) is 12.6 Å². The number of carbonyl (C=O) groups is 1. The molecule has 2 aromatic heterocycles. The number of nitrogens with zero attached hydrogens (tertiary/aromatic N) is 4. The number of rotatable bonds is 8. The molecule has 1 aliphatic rings. The molecular formula is C29H29FN4O4. The number of pyridine rings is 1. The van der Waals surface area contributed by atoms with Crippen LogP contribution in [0, 0.1) is 5.82 Å². The number of fused-ring (bicyclic) bond motifs is 1. The zero-order valence-electron chi connectivity index (χ0n) is 21.4. The van der Waals surface area contributed by atoms with Gasteiger partial charge in [0, 0.05) is 24.8 Å². The van der Waals surface area contributed by atoms with Crippen LogP contribution in [0.2, 0.25) is 0 Å². The van der Waals surface area contributed by atoms with Crippen LogP contribution in [0.25, 0.3) is 22.2 Å². The number of piperidine rings is 1. The second kappa shape index (κ2) is 10.9. The lowest BCUT2D eigenvalue weighted by Gasteiger charge is -2.32. The molecule has 9 heteroatoms. The molecule has 1 unspecified atom stereocenters. The fourth-order valence-corrected chi connectivity index (χ4v) is 4.81. The van der Waals surface area contributed by atoms with Gasteiger partial charge in [0.1, 0.15) is 17.0 Å². The Morgan fingerprint density at radius 3 is 2.68 bits per heavy atom. The van der Waals surface area contributed by atoms with E-state index in [0.29, 0.717) is 31.2 Å². The van der Waals surface area contributed by atoms with Crippen molar-refractivity contribution in [3.63, 3.8) is 0 Å². The maximum atomic E-state index is 14.5. The predicted molar refractivity (Wildman–Crippen MR) is 142 cm³/mol. The van der Waals surface area contributed by atoms with Crippen LogP contribution in [-0.2, 0) is 4.79 Å². The van der Waals surface area contributed by atoms with Gasteiger partial charge in [0.25, 0.3) is 0 Å². The van der Waals surface area contributed by atoms with Gasteiger partial charge in [0.05, 0.1) is 31.3 Å². The van der Waals surface area contributed by atoms with Crippen molar-refractivity contribution >= 4 is 16.8 Å². The molecular weight excluding hydrogens is 487 g/mol. The molecule has 3 heterocycles. The number of amides is 1. The van der Waals surface area contributed by atoms with E-state index >= 15 is 0 Å². The van der Waals surface area contributed by atoms with Gasteiger partial charge >= 0.3 is 0 Å². The van der Waals surface area contributed by atoms with Crippen LogP contribution in [0.15, 0.2) is 67.5 Å². The normalized spacial score (nSPS) is 15.3. The Balaban J connectivity index is 1.51.